The predicted octanol–water partition coefficient (Wildman–Crippen LogP) is 2.01. The normalized spacial score (nSPS) is 11.2. The van der Waals surface area contributed by atoms with Crippen molar-refractivity contribution in [3.8, 4) is 0 Å². The summed E-state index contributed by atoms with van der Waals surface area (Å²) in [5, 5.41) is 2.92. The molecule has 0 aliphatic heterocycles. The molecule has 2 aromatic rings. The highest BCUT2D eigenvalue weighted by Gasteiger charge is 2.10. The van der Waals surface area contributed by atoms with Gasteiger partial charge in [0, 0.05) is 29.1 Å². The molecule has 1 amide bonds. The predicted molar refractivity (Wildman–Crippen MR) is 88.0 cm³/mol. The Labute approximate surface area is 132 Å². The molecule has 0 atom stereocenters. The highest BCUT2D eigenvalue weighted by molar-refractivity contribution is 14.1. The van der Waals surface area contributed by atoms with Crippen LogP contribution in [0.1, 0.15) is 24.3 Å². The molecule has 0 radical (unpaired) electrons. The summed E-state index contributed by atoms with van der Waals surface area (Å²) in [6.45, 7) is 7.75. The Bertz CT molecular complexity index is 592. The maximum absolute atomic E-state index is 12.1. The first-order valence-corrected chi connectivity index (χ1v) is 7.86. The maximum Gasteiger partial charge on any atom is 0.271 e. The van der Waals surface area contributed by atoms with Gasteiger partial charge in [0.05, 0.1) is 0 Å². The monoisotopic (exact) mass is 384 g/mol. The summed E-state index contributed by atoms with van der Waals surface area (Å²) in [5.74, 6) is -0.115. The smallest absolute Gasteiger partial charge is 0.271 e. The van der Waals surface area contributed by atoms with Gasteiger partial charge in [0.25, 0.3) is 5.91 Å². The lowest BCUT2D eigenvalue weighted by atomic mass is 10.4. The van der Waals surface area contributed by atoms with E-state index in [0.29, 0.717) is 12.2 Å². The van der Waals surface area contributed by atoms with Crippen LogP contribution in [0.4, 0.5) is 0 Å². The largest absolute Gasteiger partial charge is 0.349 e. The van der Waals surface area contributed by atoms with Crippen LogP contribution in [-0.2, 0) is 0 Å². The first-order valence-electron chi connectivity index (χ1n) is 6.78. The van der Waals surface area contributed by atoms with Gasteiger partial charge in [0.2, 0.25) is 0 Å². The third kappa shape index (κ3) is 3.69. The van der Waals surface area contributed by atoms with Crippen molar-refractivity contribution < 1.29 is 4.79 Å². The summed E-state index contributed by atoms with van der Waals surface area (Å²) in [7, 11) is 0. The summed E-state index contributed by atoms with van der Waals surface area (Å²) < 4.78 is 2.99. The minimum absolute atomic E-state index is 0.115. The highest BCUT2D eigenvalue weighted by Crippen LogP contribution is 2.09. The van der Waals surface area contributed by atoms with E-state index in [1.54, 1.807) is 6.20 Å². The van der Waals surface area contributed by atoms with Crippen LogP contribution in [0.5, 0.6) is 0 Å². The van der Waals surface area contributed by atoms with Gasteiger partial charge in [0.15, 0.2) is 0 Å². The number of likely N-dealkylation sites (N-methyl/N-ethyl adjacent to an activating group) is 1. The van der Waals surface area contributed by atoms with Crippen molar-refractivity contribution in [1.82, 2.24) is 19.6 Å². The molecule has 108 valence electrons. The molecule has 0 aromatic carbocycles. The van der Waals surface area contributed by atoms with E-state index in [0.717, 1.165) is 28.9 Å². The van der Waals surface area contributed by atoms with Crippen molar-refractivity contribution in [1.29, 1.82) is 0 Å². The molecular weight excluding hydrogens is 365 g/mol. The zero-order chi connectivity index (χ0) is 14.5. The molecule has 2 heterocycles. The van der Waals surface area contributed by atoms with Crippen molar-refractivity contribution in [2.45, 2.75) is 13.8 Å². The Morgan fingerprint density at radius 3 is 2.80 bits per heavy atom. The third-order valence-electron chi connectivity index (χ3n) is 3.26. The standard InChI is InChI=1S/C14H19IN4O/c1-3-18(4-2)8-7-16-14(20)12-10-19-9-11(15)5-6-13(19)17-12/h5-6,9-10H,3-4,7-8H2,1-2H3,(H,16,20)/i15-2. The lowest BCUT2D eigenvalue weighted by Crippen LogP contribution is -2.34. The number of aromatic nitrogens is 2. The summed E-state index contributed by atoms with van der Waals surface area (Å²) in [4.78, 5) is 18.6. The van der Waals surface area contributed by atoms with Gasteiger partial charge in [-0.1, -0.05) is 13.8 Å². The van der Waals surface area contributed by atoms with E-state index in [1.165, 1.54) is 0 Å². The van der Waals surface area contributed by atoms with Gasteiger partial charge in [-0.15, -0.1) is 0 Å². The molecule has 1 N–H and O–H groups in total. The fraction of sp³-hybridized carbons (Fsp3) is 0.429. The molecule has 5 nitrogen and oxygen atoms in total. The van der Waals surface area contributed by atoms with E-state index in [-0.39, 0.29) is 5.91 Å². The minimum atomic E-state index is -0.115. The van der Waals surface area contributed by atoms with Gasteiger partial charge >= 0.3 is 0 Å². The number of amides is 1. The molecule has 0 unspecified atom stereocenters. The van der Waals surface area contributed by atoms with Gasteiger partial charge in [-0.3, -0.25) is 4.79 Å². The summed E-state index contributed by atoms with van der Waals surface area (Å²) in [5.41, 5.74) is 1.26. The Morgan fingerprint density at radius 2 is 2.10 bits per heavy atom. The lowest BCUT2D eigenvalue weighted by Gasteiger charge is -2.17. The van der Waals surface area contributed by atoms with E-state index in [4.69, 9.17) is 0 Å². The zero-order valence-electron chi connectivity index (χ0n) is 11.8. The van der Waals surface area contributed by atoms with Crippen molar-refractivity contribution >= 4 is 34.1 Å². The highest BCUT2D eigenvalue weighted by atomic mass is 125. The molecule has 0 saturated carbocycles. The molecule has 0 aliphatic rings. The third-order valence-corrected chi connectivity index (χ3v) is 3.89. The Balaban J connectivity index is 1.97. The number of fused-ring (bicyclic) bond motifs is 1. The van der Waals surface area contributed by atoms with Crippen LogP contribution in [0, 0.1) is 3.57 Å². The van der Waals surface area contributed by atoms with Crippen molar-refractivity contribution in [3.05, 3.63) is 33.8 Å². The molecule has 2 rings (SSSR count). The van der Waals surface area contributed by atoms with E-state index < -0.39 is 0 Å². The molecule has 20 heavy (non-hydrogen) atoms. The quantitative estimate of drug-likeness (QED) is 0.776. The fourth-order valence-corrected chi connectivity index (χ4v) is 2.51. The van der Waals surface area contributed by atoms with Crippen LogP contribution in [-0.4, -0.2) is 46.4 Å². The molecule has 6 heteroatoms. The molecule has 0 aliphatic carbocycles. The Hall–Kier alpha value is -1.15. The second-order valence-corrected chi connectivity index (χ2v) is 5.77. The zero-order valence-corrected chi connectivity index (χ0v) is 13.9. The average Bonchev–Trinajstić information content (AvgIpc) is 2.86. The first kappa shape index (κ1) is 15.2. The summed E-state index contributed by atoms with van der Waals surface area (Å²) in [6, 6.07) is 3.89. The number of nitrogens with one attached hydrogen (secondary N) is 1. The molecular formula is C14H19IN4O. The van der Waals surface area contributed by atoms with E-state index in [2.05, 4.69) is 51.6 Å². The van der Waals surface area contributed by atoms with Gasteiger partial charge < -0.3 is 14.6 Å². The van der Waals surface area contributed by atoms with Crippen LogP contribution in [0.2, 0.25) is 0 Å². The number of hydrogen-bond acceptors (Lipinski definition) is 3. The van der Waals surface area contributed by atoms with E-state index >= 15 is 0 Å². The van der Waals surface area contributed by atoms with Crippen molar-refractivity contribution in [2.75, 3.05) is 26.2 Å². The number of carbonyl (C=O) groups is 1. The van der Waals surface area contributed by atoms with Gasteiger partial charge in [-0.05, 0) is 47.8 Å². The number of carbonyl (C=O) groups excluding carboxylic acids is 1. The average molecular weight is 384 g/mol. The SMILES string of the molecule is CCN(CC)CCNC(=O)c1cn2cc([125I])ccc2n1. The second kappa shape index (κ2) is 7.03. The first-order chi connectivity index (χ1) is 9.63. The van der Waals surface area contributed by atoms with Crippen LogP contribution in [0.3, 0.4) is 0 Å². The number of rotatable bonds is 6. The fourth-order valence-electron chi connectivity index (χ4n) is 2.03. The lowest BCUT2D eigenvalue weighted by molar-refractivity contribution is 0.0944. The second-order valence-electron chi connectivity index (χ2n) is 4.52. The topological polar surface area (TPSA) is 49.6 Å². The van der Waals surface area contributed by atoms with E-state index in [1.807, 2.05) is 22.7 Å². The van der Waals surface area contributed by atoms with Crippen LogP contribution in [0.25, 0.3) is 5.65 Å². The molecule has 0 saturated heterocycles. The van der Waals surface area contributed by atoms with Gasteiger partial charge in [0.1, 0.15) is 11.3 Å². The van der Waals surface area contributed by atoms with Crippen molar-refractivity contribution in [2.24, 2.45) is 0 Å². The summed E-state index contributed by atoms with van der Waals surface area (Å²) >= 11 is 2.24. The Morgan fingerprint density at radius 1 is 1.35 bits per heavy atom. The Kier molecular flexibility index (Phi) is 5.36. The van der Waals surface area contributed by atoms with Crippen LogP contribution < -0.4 is 5.32 Å². The number of pyridine rings is 1. The number of imidazole rings is 1. The number of halogens is 1. The molecule has 0 fully saturated rings. The number of nitrogens with zero attached hydrogens (tertiary/aromatic N) is 3. The van der Waals surface area contributed by atoms with Crippen molar-refractivity contribution in [3.63, 3.8) is 0 Å². The minimum Gasteiger partial charge on any atom is -0.349 e. The van der Waals surface area contributed by atoms with Gasteiger partial charge in [-0.2, -0.15) is 0 Å². The maximum atomic E-state index is 12.1. The van der Waals surface area contributed by atoms with E-state index in [9.17, 15) is 4.79 Å². The molecule has 0 spiro atoms. The molecule has 0 bridgehead atoms. The number of hydrogen-bond donors (Lipinski definition) is 1. The molecule has 2 aromatic heterocycles. The summed E-state index contributed by atoms with van der Waals surface area (Å²) in [6.07, 6.45) is 3.72. The van der Waals surface area contributed by atoms with Crippen LogP contribution >= 0.6 is 22.6 Å². The van der Waals surface area contributed by atoms with Crippen LogP contribution in [0.15, 0.2) is 24.5 Å². The van der Waals surface area contributed by atoms with Gasteiger partial charge in [-0.25, -0.2) is 4.98 Å².